The number of halogens is 1. The van der Waals surface area contributed by atoms with Crippen LogP contribution in [0, 0.1) is 15.9 Å². The average molecular weight is 200 g/mol. The molecule has 1 rings (SSSR count). The summed E-state index contributed by atoms with van der Waals surface area (Å²) >= 11 is 0. The summed E-state index contributed by atoms with van der Waals surface area (Å²) < 4.78 is 12.8. The van der Waals surface area contributed by atoms with E-state index in [-0.39, 0.29) is 12.2 Å². The molecule has 0 saturated carbocycles. The van der Waals surface area contributed by atoms with Crippen LogP contribution in [-0.4, -0.2) is 12.0 Å². The Morgan fingerprint density at radius 1 is 1.57 bits per heavy atom. The first kappa shape index (κ1) is 10.6. The van der Waals surface area contributed by atoms with Crippen LogP contribution < -0.4 is 5.48 Å². The number of hydrogen-bond acceptors (Lipinski definition) is 4. The minimum Gasteiger partial charge on any atom is -0.305 e. The third kappa shape index (κ3) is 2.75. The molecule has 0 bridgehead atoms. The molecule has 0 aromatic heterocycles. The van der Waals surface area contributed by atoms with Crippen LogP contribution in [0.4, 0.5) is 10.1 Å². The average Bonchev–Trinajstić information content (AvgIpc) is 2.14. The Balaban J connectivity index is 2.89. The zero-order valence-electron chi connectivity index (χ0n) is 7.49. The van der Waals surface area contributed by atoms with Gasteiger partial charge < -0.3 is 4.84 Å². The summed E-state index contributed by atoms with van der Waals surface area (Å²) in [6.07, 6.45) is 0. The predicted molar refractivity (Wildman–Crippen MR) is 46.9 cm³/mol. The fourth-order valence-corrected chi connectivity index (χ4v) is 0.996. The summed E-state index contributed by atoms with van der Waals surface area (Å²) in [6, 6.07) is 3.37. The minimum absolute atomic E-state index is 0.217. The molecule has 0 atom stereocenters. The summed E-state index contributed by atoms with van der Waals surface area (Å²) in [5.74, 6) is -0.632. The smallest absolute Gasteiger partial charge is 0.272 e. The second kappa shape index (κ2) is 4.64. The molecular formula is C8H9FN2O3. The van der Waals surface area contributed by atoms with Gasteiger partial charge in [-0.3, -0.25) is 10.1 Å². The molecule has 1 aromatic rings. The molecule has 14 heavy (non-hydrogen) atoms. The highest BCUT2D eigenvalue weighted by Gasteiger charge is 2.09. The van der Waals surface area contributed by atoms with E-state index < -0.39 is 10.7 Å². The van der Waals surface area contributed by atoms with Crippen molar-refractivity contribution in [2.24, 2.45) is 0 Å². The molecule has 1 aromatic carbocycles. The van der Waals surface area contributed by atoms with Crippen LogP contribution in [-0.2, 0) is 11.4 Å². The predicted octanol–water partition coefficient (Wildman–Crippen LogP) is 1.38. The standard InChI is InChI=1S/C8H9FN2O3/c1-14-10-5-6-2-7(9)4-8(3-6)11(12)13/h2-4,10H,5H2,1H3. The lowest BCUT2D eigenvalue weighted by molar-refractivity contribution is -0.385. The van der Waals surface area contributed by atoms with Crippen molar-refractivity contribution < 1.29 is 14.2 Å². The SMILES string of the molecule is CONCc1cc(F)cc([N+](=O)[O-])c1. The number of non-ortho nitro benzene ring substituents is 1. The molecule has 0 radical (unpaired) electrons. The zero-order chi connectivity index (χ0) is 10.6. The van der Waals surface area contributed by atoms with Gasteiger partial charge in [0.05, 0.1) is 18.1 Å². The molecule has 0 aliphatic rings. The van der Waals surface area contributed by atoms with Gasteiger partial charge in [0.15, 0.2) is 0 Å². The number of hydrogen-bond donors (Lipinski definition) is 1. The van der Waals surface area contributed by atoms with E-state index >= 15 is 0 Å². The lowest BCUT2D eigenvalue weighted by atomic mass is 10.2. The number of nitro groups is 1. The van der Waals surface area contributed by atoms with Gasteiger partial charge in [-0.2, -0.15) is 5.48 Å². The highest BCUT2D eigenvalue weighted by molar-refractivity contribution is 5.35. The molecule has 0 amide bonds. The highest BCUT2D eigenvalue weighted by atomic mass is 19.1. The Hall–Kier alpha value is -1.53. The van der Waals surface area contributed by atoms with Gasteiger partial charge in [-0.1, -0.05) is 0 Å². The van der Waals surface area contributed by atoms with Crippen LogP contribution in [0.5, 0.6) is 0 Å². The normalized spacial score (nSPS) is 10.1. The Morgan fingerprint density at radius 2 is 2.29 bits per heavy atom. The van der Waals surface area contributed by atoms with Crippen LogP contribution in [0.3, 0.4) is 0 Å². The Bertz CT molecular complexity index is 343. The number of nitrogens with one attached hydrogen (secondary N) is 1. The summed E-state index contributed by atoms with van der Waals surface area (Å²) in [6.45, 7) is 0.217. The summed E-state index contributed by atoms with van der Waals surface area (Å²) in [5.41, 5.74) is 2.66. The third-order valence-electron chi connectivity index (χ3n) is 1.57. The Kier molecular flexibility index (Phi) is 3.49. The van der Waals surface area contributed by atoms with E-state index in [1.165, 1.54) is 19.2 Å². The largest absolute Gasteiger partial charge is 0.305 e. The van der Waals surface area contributed by atoms with Crippen LogP contribution >= 0.6 is 0 Å². The summed E-state index contributed by atoms with van der Waals surface area (Å²) in [5, 5.41) is 10.4. The topological polar surface area (TPSA) is 64.4 Å². The maximum atomic E-state index is 12.8. The molecule has 0 aliphatic heterocycles. The van der Waals surface area contributed by atoms with E-state index in [9.17, 15) is 14.5 Å². The number of nitro benzene ring substituents is 1. The first-order valence-electron chi connectivity index (χ1n) is 3.83. The Labute approximate surface area is 79.6 Å². The van der Waals surface area contributed by atoms with Gasteiger partial charge in [0.2, 0.25) is 0 Å². The summed E-state index contributed by atoms with van der Waals surface area (Å²) in [7, 11) is 1.41. The van der Waals surface area contributed by atoms with Gasteiger partial charge in [-0.05, 0) is 11.6 Å². The lowest BCUT2D eigenvalue weighted by Crippen LogP contribution is -2.11. The van der Waals surface area contributed by atoms with Crippen LogP contribution in [0.15, 0.2) is 18.2 Å². The molecule has 0 unspecified atom stereocenters. The lowest BCUT2D eigenvalue weighted by Gasteiger charge is -2.01. The molecule has 1 N–H and O–H groups in total. The van der Waals surface area contributed by atoms with E-state index in [2.05, 4.69) is 10.3 Å². The van der Waals surface area contributed by atoms with Crippen molar-refractivity contribution in [3.63, 3.8) is 0 Å². The van der Waals surface area contributed by atoms with Crippen LogP contribution in [0.25, 0.3) is 0 Å². The molecule has 5 nitrogen and oxygen atoms in total. The van der Waals surface area contributed by atoms with E-state index in [1.54, 1.807) is 0 Å². The van der Waals surface area contributed by atoms with Crippen molar-refractivity contribution in [1.82, 2.24) is 5.48 Å². The van der Waals surface area contributed by atoms with E-state index in [0.717, 1.165) is 6.07 Å². The van der Waals surface area contributed by atoms with Gasteiger partial charge in [0.1, 0.15) is 5.82 Å². The van der Waals surface area contributed by atoms with Gasteiger partial charge >= 0.3 is 0 Å². The first-order chi connectivity index (χ1) is 6.63. The van der Waals surface area contributed by atoms with Gasteiger partial charge in [-0.15, -0.1) is 0 Å². The van der Waals surface area contributed by atoms with E-state index in [4.69, 9.17) is 0 Å². The van der Waals surface area contributed by atoms with Crippen LogP contribution in [0.1, 0.15) is 5.56 Å². The number of benzene rings is 1. The van der Waals surface area contributed by atoms with Crippen molar-refractivity contribution in [2.75, 3.05) is 7.11 Å². The molecular weight excluding hydrogens is 191 g/mol. The minimum atomic E-state index is -0.640. The maximum absolute atomic E-state index is 12.8. The molecule has 0 fully saturated rings. The summed E-state index contributed by atoms with van der Waals surface area (Å²) in [4.78, 5) is 14.3. The number of rotatable bonds is 4. The number of hydroxylamine groups is 1. The van der Waals surface area contributed by atoms with Crippen molar-refractivity contribution in [2.45, 2.75) is 6.54 Å². The second-order valence-electron chi connectivity index (χ2n) is 2.60. The molecule has 6 heteroatoms. The number of nitrogens with zero attached hydrogens (tertiary/aromatic N) is 1. The van der Waals surface area contributed by atoms with E-state index in [1.807, 2.05) is 0 Å². The monoisotopic (exact) mass is 200 g/mol. The Morgan fingerprint density at radius 3 is 2.86 bits per heavy atom. The maximum Gasteiger partial charge on any atom is 0.272 e. The quantitative estimate of drug-likeness (QED) is 0.589. The fraction of sp³-hybridized carbons (Fsp3) is 0.250. The van der Waals surface area contributed by atoms with Gasteiger partial charge in [0.25, 0.3) is 5.69 Å². The second-order valence-corrected chi connectivity index (χ2v) is 2.60. The first-order valence-corrected chi connectivity index (χ1v) is 3.83. The van der Waals surface area contributed by atoms with Crippen molar-refractivity contribution >= 4 is 5.69 Å². The molecule has 0 aliphatic carbocycles. The van der Waals surface area contributed by atoms with Gasteiger partial charge in [0, 0.05) is 12.6 Å². The van der Waals surface area contributed by atoms with Crippen molar-refractivity contribution in [3.05, 3.63) is 39.7 Å². The van der Waals surface area contributed by atoms with Crippen molar-refractivity contribution in [1.29, 1.82) is 0 Å². The molecule has 0 spiro atoms. The van der Waals surface area contributed by atoms with Crippen LogP contribution in [0.2, 0.25) is 0 Å². The van der Waals surface area contributed by atoms with Gasteiger partial charge in [-0.25, -0.2) is 4.39 Å². The fourth-order valence-electron chi connectivity index (χ4n) is 0.996. The molecule has 0 saturated heterocycles. The molecule has 76 valence electrons. The van der Waals surface area contributed by atoms with E-state index in [0.29, 0.717) is 5.56 Å². The zero-order valence-corrected chi connectivity index (χ0v) is 7.49. The third-order valence-corrected chi connectivity index (χ3v) is 1.57. The highest BCUT2D eigenvalue weighted by Crippen LogP contribution is 2.15. The van der Waals surface area contributed by atoms with Crippen molar-refractivity contribution in [3.8, 4) is 0 Å². The molecule has 0 heterocycles.